The number of rotatable bonds is 7. The fraction of sp³-hybridized carbons (Fsp3) is 0.0588. The molecule has 0 spiro atoms. The van der Waals surface area contributed by atoms with Crippen molar-refractivity contribution >= 4 is 45.5 Å². The highest BCUT2D eigenvalue weighted by Crippen LogP contribution is 2.33. The molecule has 0 unspecified atom stereocenters. The molecule has 6 nitrogen and oxygen atoms in total. The smallest absolute Gasteiger partial charge is 0.277 e. The highest BCUT2D eigenvalue weighted by Gasteiger charge is 2.11. The summed E-state index contributed by atoms with van der Waals surface area (Å²) >= 11 is 6.25. The van der Waals surface area contributed by atoms with Gasteiger partial charge in [0.15, 0.2) is 6.61 Å². The number of fused-ring (bicyclic) bond motifs is 2. The van der Waals surface area contributed by atoms with E-state index in [2.05, 4.69) is 58.8 Å². The van der Waals surface area contributed by atoms with Gasteiger partial charge in [-0.1, -0.05) is 71.8 Å². The zero-order chi connectivity index (χ0) is 28.2. The number of halogens is 1. The minimum Gasteiger partial charge on any atom is -0.484 e. The molecule has 0 radical (unpaired) electrons. The number of ether oxygens (including phenoxy) is 1. The number of hydrogen-bond donors (Lipinski definition) is 1. The molecule has 0 aliphatic rings. The summed E-state index contributed by atoms with van der Waals surface area (Å²) in [5.74, 6) is 0.170. The van der Waals surface area contributed by atoms with Crippen LogP contribution in [0.1, 0.15) is 11.1 Å². The van der Waals surface area contributed by atoms with E-state index in [1.54, 1.807) is 0 Å². The third-order valence-electron chi connectivity index (χ3n) is 6.67. The van der Waals surface area contributed by atoms with Gasteiger partial charge in [0.05, 0.1) is 22.9 Å². The van der Waals surface area contributed by atoms with Crippen molar-refractivity contribution in [1.82, 2.24) is 15.4 Å². The molecular weight excluding hydrogens is 532 g/mol. The number of hydrazone groups is 1. The number of hydrogen-bond acceptors (Lipinski definition) is 5. The van der Waals surface area contributed by atoms with Gasteiger partial charge in [0.25, 0.3) is 5.91 Å². The summed E-state index contributed by atoms with van der Waals surface area (Å²) in [5, 5.41) is 6.36. The molecule has 0 bridgehead atoms. The number of amides is 1. The van der Waals surface area contributed by atoms with E-state index in [9.17, 15) is 4.79 Å². The van der Waals surface area contributed by atoms with Gasteiger partial charge in [-0.3, -0.25) is 4.79 Å². The molecule has 0 saturated carbocycles. The zero-order valence-corrected chi connectivity index (χ0v) is 23.0. The lowest BCUT2D eigenvalue weighted by molar-refractivity contribution is -0.123. The molecule has 0 atom stereocenters. The van der Waals surface area contributed by atoms with E-state index < -0.39 is 5.91 Å². The Balaban J connectivity index is 1.13. The molecule has 7 heteroatoms. The predicted molar refractivity (Wildman–Crippen MR) is 165 cm³/mol. The first-order chi connectivity index (χ1) is 20.0. The van der Waals surface area contributed by atoms with Crippen molar-refractivity contribution in [3.05, 3.63) is 125 Å². The minimum absolute atomic E-state index is 0.188. The summed E-state index contributed by atoms with van der Waals surface area (Å²) in [6, 6.07) is 35.8. The normalized spacial score (nSPS) is 11.3. The van der Waals surface area contributed by atoms with Crippen molar-refractivity contribution in [2.75, 3.05) is 6.61 Å². The number of benzene rings is 4. The van der Waals surface area contributed by atoms with Gasteiger partial charge >= 0.3 is 0 Å². The van der Waals surface area contributed by atoms with Gasteiger partial charge in [-0.25, -0.2) is 15.4 Å². The lowest BCUT2D eigenvalue weighted by atomic mass is 9.97. The van der Waals surface area contributed by atoms with E-state index in [0.29, 0.717) is 16.5 Å². The summed E-state index contributed by atoms with van der Waals surface area (Å²) in [7, 11) is 0. The Morgan fingerprint density at radius 2 is 1.63 bits per heavy atom. The van der Waals surface area contributed by atoms with Crippen LogP contribution in [0.3, 0.4) is 0 Å². The molecule has 200 valence electrons. The molecule has 2 heterocycles. The molecule has 0 aliphatic carbocycles. The van der Waals surface area contributed by atoms with Crippen LogP contribution >= 0.6 is 11.6 Å². The topological polar surface area (TPSA) is 76.5 Å². The number of carbonyl (C=O) groups excluding carboxylic acids is 1. The van der Waals surface area contributed by atoms with Crippen molar-refractivity contribution in [3.63, 3.8) is 0 Å². The second-order valence-corrected chi connectivity index (χ2v) is 9.97. The van der Waals surface area contributed by atoms with Crippen molar-refractivity contribution in [3.8, 4) is 28.1 Å². The maximum atomic E-state index is 12.3. The fourth-order valence-corrected chi connectivity index (χ4v) is 4.81. The van der Waals surface area contributed by atoms with Gasteiger partial charge in [0.2, 0.25) is 0 Å². The SMILES string of the molecule is Cc1ccc2nc(-c3ccc(OCC(=O)NN=Cc4cc5ccccc5nc4Cl)cc3)cc(-c3ccccc3)c2c1. The second kappa shape index (κ2) is 11.6. The summed E-state index contributed by atoms with van der Waals surface area (Å²) in [4.78, 5) is 21.6. The Bertz CT molecular complexity index is 1900. The monoisotopic (exact) mass is 556 g/mol. The number of aromatic nitrogens is 2. The molecule has 6 aromatic rings. The van der Waals surface area contributed by atoms with Crippen LogP contribution in [0.4, 0.5) is 0 Å². The van der Waals surface area contributed by atoms with Crippen LogP contribution < -0.4 is 10.2 Å². The maximum Gasteiger partial charge on any atom is 0.277 e. The maximum absolute atomic E-state index is 12.3. The van der Waals surface area contributed by atoms with Crippen LogP contribution in [0.25, 0.3) is 44.2 Å². The Kier molecular flexibility index (Phi) is 7.39. The van der Waals surface area contributed by atoms with Crippen molar-refractivity contribution in [2.24, 2.45) is 5.10 Å². The standard InChI is InChI=1S/C34H25ClN4O2/c1-22-11-16-31-29(17-22)28(23-7-3-2-4-8-23)19-32(37-31)24-12-14-27(15-13-24)41-21-33(40)39-36-20-26-18-25-9-5-6-10-30(25)38-34(26)35/h2-20H,21H2,1H3,(H,39,40). The molecule has 41 heavy (non-hydrogen) atoms. The summed E-state index contributed by atoms with van der Waals surface area (Å²) < 4.78 is 5.67. The Labute approximate surface area is 242 Å². The number of aryl methyl sites for hydroxylation is 1. The lowest BCUT2D eigenvalue weighted by Crippen LogP contribution is -2.24. The summed E-state index contributed by atoms with van der Waals surface area (Å²) in [5.41, 5.74) is 10.1. The first-order valence-electron chi connectivity index (χ1n) is 13.1. The van der Waals surface area contributed by atoms with Gasteiger partial charge in [0, 0.05) is 21.9 Å². The molecule has 1 amide bonds. The van der Waals surface area contributed by atoms with Gasteiger partial charge < -0.3 is 4.74 Å². The Hall–Kier alpha value is -5.07. The average Bonchev–Trinajstić information content (AvgIpc) is 3.00. The second-order valence-electron chi connectivity index (χ2n) is 9.61. The fourth-order valence-electron chi connectivity index (χ4n) is 4.62. The molecule has 0 fully saturated rings. The summed E-state index contributed by atoms with van der Waals surface area (Å²) in [6.07, 6.45) is 1.47. The van der Waals surface area contributed by atoms with Crippen molar-refractivity contribution < 1.29 is 9.53 Å². The van der Waals surface area contributed by atoms with E-state index in [0.717, 1.165) is 44.2 Å². The molecule has 2 aromatic heterocycles. The number of para-hydroxylation sites is 1. The molecule has 0 aliphatic heterocycles. The molecule has 4 aromatic carbocycles. The van der Waals surface area contributed by atoms with E-state index in [-0.39, 0.29) is 6.61 Å². The van der Waals surface area contributed by atoms with Crippen LogP contribution in [0.15, 0.2) is 114 Å². The lowest BCUT2D eigenvalue weighted by Gasteiger charge is -2.12. The Morgan fingerprint density at radius 3 is 2.46 bits per heavy atom. The third-order valence-corrected chi connectivity index (χ3v) is 6.97. The van der Waals surface area contributed by atoms with E-state index in [1.165, 1.54) is 11.8 Å². The zero-order valence-electron chi connectivity index (χ0n) is 22.2. The number of pyridine rings is 2. The third kappa shape index (κ3) is 5.93. The predicted octanol–water partition coefficient (Wildman–Crippen LogP) is 7.61. The largest absolute Gasteiger partial charge is 0.484 e. The van der Waals surface area contributed by atoms with Gasteiger partial charge in [-0.15, -0.1) is 0 Å². The number of carbonyl (C=O) groups is 1. The molecule has 0 saturated heterocycles. The van der Waals surface area contributed by atoms with E-state index in [1.807, 2.05) is 72.8 Å². The first kappa shape index (κ1) is 26.2. The van der Waals surface area contributed by atoms with Gasteiger partial charge in [-0.05, 0) is 72.6 Å². The average molecular weight is 557 g/mol. The molecule has 6 rings (SSSR count). The van der Waals surface area contributed by atoms with Crippen LogP contribution in [-0.4, -0.2) is 28.7 Å². The van der Waals surface area contributed by atoms with Crippen LogP contribution in [0, 0.1) is 6.92 Å². The first-order valence-corrected chi connectivity index (χ1v) is 13.5. The minimum atomic E-state index is -0.394. The van der Waals surface area contributed by atoms with E-state index in [4.69, 9.17) is 21.3 Å². The van der Waals surface area contributed by atoms with Crippen LogP contribution in [-0.2, 0) is 4.79 Å². The highest BCUT2D eigenvalue weighted by molar-refractivity contribution is 6.32. The molecule has 1 N–H and O–H groups in total. The van der Waals surface area contributed by atoms with Gasteiger partial charge in [-0.2, -0.15) is 5.10 Å². The Morgan fingerprint density at radius 1 is 0.854 bits per heavy atom. The van der Waals surface area contributed by atoms with Crippen LogP contribution in [0.2, 0.25) is 5.15 Å². The van der Waals surface area contributed by atoms with Gasteiger partial charge in [0.1, 0.15) is 10.9 Å². The number of nitrogens with zero attached hydrogens (tertiary/aromatic N) is 3. The van der Waals surface area contributed by atoms with Crippen molar-refractivity contribution in [2.45, 2.75) is 6.92 Å². The van der Waals surface area contributed by atoms with E-state index >= 15 is 0 Å². The van der Waals surface area contributed by atoms with Crippen LogP contribution in [0.5, 0.6) is 5.75 Å². The quantitative estimate of drug-likeness (QED) is 0.125. The number of nitrogens with one attached hydrogen (secondary N) is 1. The summed E-state index contributed by atoms with van der Waals surface area (Å²) in [6.45, 7) is 1.90. The van der Waals surface area contributed by atoms with Crippen molar-refractivity contribution in [1.29, 1.82) is 0 Å². The molecular formula is C34H25ClN4O2. The highest BCUT2D eigenvalue weighted by atomic mass is 35.5.